The zero-order chi connectivity index (χ0) is 13.9. The molecule has 0 saturated heterocycles. The minimum Gasteiger partial charge on any atom is -0.352 e. The highest BCUT2D eigenvalue weighted by Gasteiger charge is 2.26. The number of nitrogens with zero attached hydrogens (tertiary/aromatic N) is 3. The third kappa shape index (κ3) is 3.16. The van der Waals surface area contributed by atoms with E-state index in [4.69, 9.17) is 0 Å². The molecule has 0 aliphatic heterocycles. The van der Waals surface area contributed by atoms with E-state index in [0.717, 1.165) is 18.4 Å². The van der Waals surface area contributed by atoms with Crippen molar-refractivity contribution in [1.82, 2.24) is 25.5 Å². The van der Waals surface area contributed by atoms with Crippen LogP contribution in [-0.4, -0.2) is 37.4 Å². The van der Waals surface area contributed by atoms with E-state index >= 15 is 0 Å². The van der Waals surface area contributed by atoms with Gasteiger partial charge < -0.3 is 5.32 Å². The standard InChI is InChI=1S/C13H15N5OS/c1-8(12(19)15-10-2-3-10)20-13-16-11(17-18-13)9-4-6-14-7-5-9/h4-8,10H,2-3H2,1H3,(H,15,19)(H,16,17,18)/t8-/m1/s1. The molecule has 7 heteroatoms. The van der Waals surface area contributed by atoms with Gasteiger partial charge in [-0.1, -0.05) is 11.8 Å². The van der Waals surface area contributed by atoms with Crippen molar-refractivity contribution in [3.8, 4) is 11.4 Å². The number of carbonyl (C=O) groups excluding carboxylic acids is 1. The number of aromatic nitrogens is 4. The van der Waals surface area contributed by atoms with Crippen LogP contribution >= 0.6 is 11.8 Å². The van der Waals surface area contributed by atoms with Crippen molar-refractivity contribution in [2.45, 2.75) is 36.2 Å². The van der Waals surface area contributed by atoms with Gasteiger partial charge >= 0.3 is 0 Å². The molecule has 0 spiro atoms. The van der Waals surface area contributed by atoms with Crippen molar-refractivity contribution in [2.75, 3.05) is 0 Å². The summed E-state index contributed by atoms with van der Waals surface area (Å²) >= 11 is 1.36. The normalized spacial score (nSPS) is 15.8. The first-order valence-corrected chi connectivity index (χ1v) is 7.40. The molecular formula is C13H15N5OS. The molecule has 20 heavy (non-hydrogen) atoms. The largest absolute Gasteiger partial charge is 0.352 e. The molecule has 1 saturated carbocycles. The molecule has 104 valence electrons. The molecule has 1 aliphatic rings. The Morgan fingerprint density at radius 3 is 2.90 bits per heavy atom. The van der Waals surface area contributed by atoms with Gasteiger partial charge in [0, 0.05) is 24.0 Å². The highest BCUT2D eigenvalue weighted by atomic mass is 32.2. The minimum absolute atomic E-state index is 0.0489. The van der Waals surface area contributed by atoms with Crippen LogP contribution in [0.2, 0.25) is 0 Å². The number of pyridine rings is 1. The van der Waals surface area contributed by atoms with Crippen LogP contribution in [0.15, 0.2) is 29.7 Å². The summed E-state index contributed by atoms with van der Waals surface area (Å²) in [6, 6.07) is 4.10. The third-order valence-electron chi connectivity index (χ3n) is 2.99. The number of H-pyrrole nitrogens is 1. The summed E-state index contributed by atoms with van der Waals surface area (Å²) in [5.41, 5.74) is 0.925. The Morgan fingerprint density at radius 1 is 1.45 bits per heavy atom. The number of hydrogen-bond donors (Lipinski definition) is 2. The lowest BCUT2D eigenvalue weighted by atomic mass is 10.3. The van der Waals surface area contributed by atoms with Crippen LogP contribution in [-0.2, 0) is 4.79 Å². The molecule has 1 aliphatic carbocycles. The van der Waals surface area contributed by atoms with Crippen LogP contribution in [0.4, 0.5) is 0 Å². The highest BCUT2D eigenvalue weighted by molar-refractivity contribution is 8.00. The third-order valence-corrected chi connectivity index (χ3v) is 3.95. The first-order chi connectivity index (χ1) is 9.72. The van der Waals surface area contributed by atoms with E-state index in [0.29, 0.717) is 17.0 Å². The van der Waals surface area contributed by atoms with Crippen molar-refractivity contribution in [2.24, 2.45) is 0 Å². The Labute approximate surface area is 120 Å². The highest BCUT2D eigenvalue weighted by Crippen LogP contribution is 2.24. The lowest BCUT2D eigenvalue weighted by Crippen LogP contribution is -2.32. The van der Waals surface area contributed by atoms with Gasteiger partial charge in [0.05, 0.1) is 5.25 Å². The molecule has 0 aromatic carbocycles. The number of aromatic amines is 1. The summed E-state index contributed by atoms with van der Waals surface area (Å²) in [5.74, 6) is 0.734. The molecule has 2 aromatic rings. The summed E-state index contributed by atoms with van der Waals surface area (Å²) in [6.45, 7) is 1.87. The molecule has 6 nitrogen and oxygen atoms in total. The van der Waals surface area contributed by atoms with E-state index in [1.807, 2.05) is 19.1 Å². The second kappa shape index (κ2) is 5.62. The van der Waals surface area contributed by atoms with E-state index in [1.165, 1.54) is 11.8 Å². The molecule has 2 N–H and O–H groups in total. The Balaban J connectivity index is 1.63. The van der Waals surface area contributed by atoms with Gasteiger partial charge in [0.25, 0.3) is 0 Å². The van der Waals surface area contributed by atoms with Gasteiger partial charge in [-0.25, -0.2) is 4.98 Å². The van der Waals surface area contributed by atoms with Gasteiger partial charge in [0.2, 0.25) is 11.1 Å². The average molecular weight is 289 g/mol. The first-order valence-electron chi connectivity index (χ1n) is 6.52. The van der Waals surface area contributed by atoms with Crippen LogP contribution in [0, 0.1) is 0 Å². The fourth-order valence-corrected chi connectivity index (χ4v) is 2.43. The zero-order valence-corrected chi connectivity index (χ0v) is 11.9. The van der Waals surface area contributed by atoms with E-state index in [2.05, 4.69) is 25.5 Å². The van der Waals surface area contributed by atoms with Crippen LogP contribution in [0.5, 0.6) is 0 Å². The smallest absolute Gasteiger partial charge is 0.233 e. The quantitative estimate of drug-likeness (QED) is 0.817. The van der Waals surface area contributed by atoms with Crippen LogP contribution < -0.4 is 5.32 Å². The number of nitrogens with one attached hydrogen (secondary N) is 2. The Bertz CT molecular complexity index is 596. The molecule has 1 amide bonds. The lowest BCUT2D eigenvalue weighted by Gasteiger charge is -2.08. The van der Waals surface area contributed by atoms with Gasteiger partial charge in [-0.15, -0.1) is 5.10 Å². The number of hydrogen-bond acceptors (Lipinski definition) is 5. The van der Waals surface area contributed by atoms with E-state index in [9.17, 15) is 4.79 Å². The maximum atomic E-state index is 11.9. The van der Waals surface area contributed by atoms with Crippen molar-refractivity contribution in [3.05, 3.63) is 24.5 Å². The van der Waals surface area contributed by atoms with Crippen molar-refractivity contribution in [1.29, 1.82) is 0 Å². The van der Waals surface area contributed by atoms with Crippen LogP contribution in [0.25, 0.3) is 11.4 Å². The van der Waals surface area contributed by atoms with Crippen molar-refractivity contribution >= 4 is 17.7 Å². The zero-order valence-electron chi connectivity index (χ0n) is 11.0. The number of carbonyl (C=O) groups is 1. The number of rotatable bonds is 5. The second-order valence-corrected chi connectivity index (χ2v) is 6.05. The van der Waals surface area contributed by atoms with Crippen LogP contribution in [0.3, 0.4) is 0 Å². The minimum atomic E-state index is -0.198. The molecule has 2 aromatic heterocycles. The average Bonchev–Trinajstić information content (AvgIpc) is 3.16. The predicted molar refractivity (Wildman–Crippen MR) is 76.1 cm³/mol. The number of thioether (sulfide) groups is 1. The molecular weight excluding hydrogens is 274 g/mol. The monoisotopic (exact) mass is 289 g/mol. The fourth-order valence-electron chi connectivity index (χ4n) is 1.70. The van der Waals surface area contributed by atoms with Gasteiger partial charge in [-0.2, -0.15) is 0 Å². The van der Waals surface area contributed by atoms with Gasteiger partial charge in [-0.3, -0.25) is 14.9 Å². The fraction of sp³-hybridized carbons (Fsp3) is 0.385. The summed E-state index contributed by atoms with van der Waals surface area (Å²) in [5, 5.41) is 10.4. The molecule has 3 rings (SSSR count). The molecule has 1 atom stereocenters. The SMILES string of the molecule is C[C@@H](Sc1n[nH]c(-c2ccncc2)n1)C(=O)NC1CC1. The summed E-state index contributed by atoms with van der Waals surface area (Å²) in [7, 11) is 0. The van der Waals surface area contributed by atoms with Gasteiger partial charge in [0.15, 0.2) is 5.82 Å². The predicted octanol–water partition coefficient (Wildman–Crippen LogP) is 1.63. The summed E-state index contributed by atoms with van der Waals surface area (Å²) in [4.78, 5) is 20.2. The Hall–Kier alpha value is -1.89. The Morgan fingerprint density at radius 2 is 2.20 bits per heavy atom. The summed E-state index contributed by atoms with van der Waals surface area (Å²) in [6.07, 6.45) is 5.60. The van der Waals surface area contributed by atoms with Crippen LogP contribution in [0.1, 0.15) is 19.8 Å². The first kappa shape index (κ1) is 13.1. The lowest BCUT2D eigenvalue weighted by molar-refractivity contribution is -0.120. The molecule has 1 fully saturated rings. The maximum Gasteiger partial charge on any atom is 0.233 e. The van der Waals surface area contributed by atoms with E-state index < -0.39 is 0 Å². The van der Waals surface area contributed by atoms with Gasteiger partial charge in [0.1, 0.15) is 0 Å². The molecule has 0 bridgehead atoms. The maximum absolute atomic E-state index is 11.9. The van der Waals surface area contributed by atoms with Crippen molar-refractivity contribution < 1.29 is 4.79 Å². The second-order valence-electron chi connectivity index (χ2n) is 4.75. The topological polar surface area (TPSA) is 83.6 Å². The molecule has 2 heterocycles. The van der Waals surface area contributed by atoms with Crippen molar-refractivity contribution in [3.63, 3.8) is 0 Å². The summed E-state index contributed by atoms with van der Waals surface area (Å²) < 4.78 is 0. The molecule has 0 radical (unpaired) electrons. The Kier molecular flexibility index (Phi) is 3.68. The van der Waals surface area contributed by atoms with E-state index in [-0.39, 0.29) is 11.2 Å². The van der Waals surface area contributed by atoms with E-state index in [1.54, 1.807) is 12.4 Å². The molecule has 0 unspecified atom stereocenters. The number of amides is 1. The van der Waals surface area contributed by atoms with Gasteiger partial charge in [-0.05, 0) is 31.9 Å².